The van der Waals surface area contributed by atoms with Crippen LogP contribution in [-0.4, -0.2) is 18.7 Å². The third kappa shape index (κ3) is 4.96. The van der Waals surface area contributed by atoms with E-state index in [0.717, 1.165) is 29.8 Å². The lowest BCUT2D eigenvalue weighted by atomic mass is 10.1. The van der Waals surface area contributed by atoms with Crippen LogP contribution >= 0.6 is 12.4 Å². The third-order valence-electron chi connectivity index (χ3n) is 3.26. The second-order valence-corrected chi connectivity index (χ2v) is 4.86. The largest absolute Gasteiger partial charge is 0.508 e. The number of nitrogens with one attached hydrogen (secondary N) is 1. The summed E-state index contributed by atoms with van der Waals surface area (Å²) in [5.74, 6) is 1.08. The molecule has 3 nitrogen and oxygen atoms in total. The SMILES string of the molecule is CNCC[C@H](Oc1ccc(O)cc1C)c1ccccc1.Cl. The molecule has 0 saturated heterocycles. The number of rotatable bonds is 6. The zero-order chi connectivity index (χ0) is 14.4. The predicted molar refractivity (Wildman–Crippen MR) is 88.4 cm³/mol. The van der Waals surface area contributed by atoms with Crippen LogP contribution in [-0.2, 0) is 0 Å². The lowest BCUT2D eigenvalue weighted by molar-refractivity contribution is 0.193. The van der Waals surface area contributed by atoms with Gasteiger partial charge in [-0.3, -0.25) is 0 Å². The minimum atomic E-state index is 0. The molecule has 4 heteroatoms. The van der Waals surface area contributed by atoms with E-state index >= 15 is 0 Å². The van der Waals surface area contributed by atoms with Crippen LogP contribution in [0.25, 0.3) is 0 Å². The van der Waals surface area contributed by atoms with Crippen molar-refractivity contribution in [2.24, 2.45) is 0 Å². The van der Waals surface area contributed by atoms with Crippen molar-refractivity contribution < 1.29 is 9.84 Å². The lowest BCUT2D eigenvalue weighted by Gasteiger charge is -2.21. The van der Waals surface area contributed by atoms with E-state index in [2.05, 4.69) is 17.4 Å². The molecule has 0 unspecified atom stereocenters. The summed E-state index contributed by atoms with van der Waals surface area (Å²) in [4.78, 5) is 0. The van der Waals surface area contributed by atoms with Gasteiger partial charge in [0.1, 0.15) is 17.6 Å². The van der Waals surface area contributed by atoms with E-state index in [1.807, 2.05) is 38.2 Å². The molecule has 0 radical (unpaired) electrons. The second-order valence-electron chi connectivity index (χ2n) is 4.86. The monoisotopic (exact) mass is 307 g/mol. The molecule has 2 N–H and O–H groups in total. The highest BCUT2D eigenvalue weighted by Gasteiger charge is 2.14. The van der Waals surface area contributed by atoms with Crippen LogP contribution in [0.5, 0.6) is 11.5 Å². The molecule has 2 rings (SSSR count). The number of aryl methyl sites for hydroxylation is 1. The first kappa shape index (κ1) is 17.3. The Morgan fingerprint density at radius 3 is 2.48 bits per heavy atom. The van der Waals surface area contributed by atoms with Gasteiger partial charge in [0.2, 0.25) is 0 Å². The topological polar surface area (TPSA) is 41.5 Å². The van der Waals surface area contributed by atoms with E-state index in [1.165, 1.54) is 0 Å². The van der Waals surface area contributed by atoms with E-state index in [9.17, 15) is 5.11 Å². The minimum absolute atomic E-state index is 0. The van der Waals surface area contributed by atoms with Crippen molar-refractivity contribution >= 4 is 12.4 Å². The smallest absolute Gasteiger partial charge is 0.125 e. The van der Waals surface area contributed by atoms with Gasteiger partial charge in [-0.15, -0.1) is 12.4 Å². The molecule has 0 bridgehead atoms. The molecule has 0 spiro atoms. The first-order chi connectivity index (χ1) is 9.70. The van der Waals surface area contributed by atoms with Crippen LogP contribution in [0.4, 0.5) is 0 Å². The Kier molecular flexibility index (Phi) is 7.06. The molecule has 0 aliphatic carbocycles. The van der Waals surface area contributed by atoms with E-state index in [4.69, 9.17) is 4.74 Å². The van der Waals surface area contributed by atoms with Crippen LogP contribution in [0, 0.1) is 6.92 Å². The summed E-state index contributed by atoms with van der Waals surface area (Å²) in [5.41, 5.74) is 2.10. The maximum atomic E-state index is 9.46. The van der Waals surface area contributed by atoms with Crippen LogP contribution in [0.2, 0.25) is 0 Å². The molecule has 0 aromatic heterocycles. The Bertz CT molecular complexity index is 546. The molecule has 0 aliphatic rings. The number of phenolic OH excluding ortho intramolecular Hbond substituents is 1. The molecule has 0 fully saturated rings. The van der Waals surface area contributed by atoms with Crippen molar-refractivity contribution in [2.45, 2.75) is 19.4 Å². The molecule has 21 heavy (non-hydrogen) atoms. The summed E-state index contributed by atoms with van der Waals surface area (Å²) in [5, 5.41) is 12.6. The van der Waals surface area contributed by atoms with Crippen molar-refractivity contribution in [3.05, 3.63) is 59.7 Å². The molecule has 0 aliphatic heterocycles. The highest BCUT2D eigenvalue weighted by atomic mass is 35.5. The molecule has 1 atom stereocenters. The van der Waals surface area contributed by atoms with Gasteiger partial charge < -0.3 is 15.2 Å². The van der Waals surface area contributed by atoms with Gasteiger partial charge in [0, 0.05) is 6.42 Å². The minimum Gasteiger partial charge on any atom is -0.508 e. The van der Waals surface area contributed by atoms with Crippen LogP contribution in [0.1, 0.15) is 23.7 Å². The van der Waals surface area contributed by atoms with Crippen molar-refractivity contribution in [1.29, 1.82) is 0 Å². The van der Waals surface area contributed by atoms with Crippen LogP contribution < -0.4 is 10.1 Å². The Balaban J connectivity index is 0.00000220. The van der Waals surface area contributed by atoms with Gasteiger partial charge in [-0.05, 0) is 49.8 Å². The fourth-order valence-electron chi connectivity index (χ4n) is 2.16. The van der Waals surface area contributed by atoms with Crippen molar-refractivity contribution in [3.63, 3.8) is 0 Å². The maximum Gasteiger partial charge on any atom is 0.125 e. The van der Waals surface area contributed by atoms with Crippen molar-refractivity contribution in [3.8, 4) is 11.5 Å². The number of phenols is 1. The lowest BCUT2D eigenvalue weighted by Crippen LogP contribution is -2.16. The zero-order valence-corrected chi connectivity index (χ0v) is 13.2. The summed E-state index contributed by atoms with van der Waals surface area (Å²) in [6.07, 6.45) is 0.896. The van der Waals surface area contributed by atoms with E-state index < -0.39 is 0 Å². The number of benzene rings is 2. The highest BCUT2D eigenvalue weighted by Crippen LogP contribution is 2.29. The fraction of sp³-hybridized carbons (Fsp3) is 0.294. The van der Waals surface area contributed by atoms with Gasteiger partial charge in [0.25, 0.3) is 0 Å². The fourth-order valence-corrected chi connectivity index (χ4v) is 2.16. The van der Waals surface area contributed by atoms with Gasteiger partial charge in [-0.2, -0.15) is 0 Å². The van der Waals surface area contributed by atoms with Gasteiger partial charge in [-0.25, -0.2) is 0 Å². The number of hydrogen-bond acceptors (Lipinski definition) is 3. The Labute approximate surface area is 132 Å². The molecule has 114 valence electrons. The average Bonchev–Trinajstić information content (AvgIpc) is 2.46. The molecule has 0 heterocycles. The number of hydrogen-bond donors (Lipinski definition) is 2. The number of aromatic hydroxyl groups is 1. The van der Waals surface area contributed by atoms with E-state index in [0.29, 0.717) is 0 Å². The molecular weight excluding hydrogens is 286 g/mol. The van der Waals surface area contributed by atoms with Gasteiger partial charge in [0.05, 0.1) is 0 Å². The maximum absolute atomic E-state index is 9.46. The molecule has 2 aromatic carbocycles. The predicted octanol–water partition coefficient (Wildman–Crippen LogP) is 3.85. The number of ether oxygens (including phenoxy) is 1. The highest BCUT2D eigenvalue weighted by molar-refractivity contribution is 5.85. The van der Waals surface area contributed by atoms with E-state index in [1.54, 1.807) is 12.1 Å². The van der Waals surface area contributed by atoms with Gasteiger partial charge in [0.15, 0.2) is 0 Å². The quantitative estimate of drug-likeness (QED) is 0.851. The van der Waals surface area contributed by atoms with Crippen molar-refractivity contribution in [2.75, 3.05) is 13.6 Å². The summed E-state index contributed by atoms with van der Waals surface area (Å²) in [6, 6.07) is 15.4. The summed E-state index contributed by atoms with van der Waals surface area (Å²) in [7, 11) is 1.94. The Hall–Kier alpha value is -1.71. The van der Waals surface area contributed by atoms with Gasteiger partial charge in [-0.1, -0.05) is 30.3 Å². The molecule has 2 aromatic rings. The van der Waals surface area contributed by atoms with Crippen molar-refractivity contribution in [1.82, 2.24) is 5.32 Å². The normalized spacial score (nSPS) is 11.5. The average molecular weight is 308 g/mol. The van der Waals surface area contributed by atoms with Crippen LogP contribution in [0.3, 0.4) is 0 Å². The number of halogens is 1. The summed E-state index contributed by atoms with van der Waals surface area (Å²) >= 11 is 0. The summed E-state index contributed by atoms with van der Waals surface area (Å²) < 4.78 is 6.14. The van der Waals surface area contributed by atoms with E-state index in [-0.39, 0.29) is 24.3 Å². The van der Waals surface area contributed by atoms with Gasteiger partial charge >= 0.3 is 0 Å². The van der Waals surface area contributed by atoms with Crippen LogP contribution in [0.15, 0.2) is 48.5 Å². The standard InChI is InChI=1S/C17H21NO2.ClH/c1-13-12-15(19)8-9-16(13)20-17(10-11-18-2)14-6-4-3-5-7-14;/h3-9,12,17-19H,10-11H2,1-2H3;1H/t17-;/m0./s1. The molecule has 0 amide bonds. The summed E-state index contributed by atoms with van der Waals surface area (Å²) in [6.45, 7) is 2.83. The first-order valence-electron chi connectivity index (χ1n) is 6.86. The Morgan fingerprint density at radius 1 is 1.14 bits per heavy atom. The molecule has 0 saturated carbocycles. The second kappa shape index (κ2) is 8.55. The zero-order valence-electron chi connectivity index (χ0n) is 12.4. The Morgan fingerprint density at radius 2 is 1.86 bits per heavy atom. The molecular formula is C17H22ClNO2. The first-order valence-corrected chi connectivity index (χ1v) is 6.86. The third-order valence-corrected chi connectivity index (χ3v) is 3.26.